The molecule has 0 unspecified atom stereocenters. The van der Waals surface area contributed by atoms with Crippen LogP contribution in [0.5, 0.6) is 0 Å². The maximum absolute atomic E-state index is 12.6. The van der Waals surface area contributed by atoms with Crippen LogP contribution < -0.4 is 11.1 Å². The van der Waals surface area contributed by atoms with E-state index >= 15 is 0 Å². The Labute approximate surface area is 224 Å². The smallest absolute Gasteiger partial charge is 0.323 e. The summed E-state index contributed by atoms with van der Waals surface area (Å²) in [5.41, 5.74) is 2.54. The van der Waals surface area contributed by atoms with Crippen LogP contribution in [0.3, 0.4) is 0 Å². The lowest BCUT2D eigenvalue weighted by Crippen LogP contribution is -2.45. The lowest BCUT2D eigenvalue weighted by atomic mass is 10.1. The summed E-state index contributed by atoms with van der Waals surface area (Å²) in [6.45, 7) is 5.35. The predicted molar refractivity (Wildman–Crippen MR) is 150 cm³/mol. The van der Waals surface area contributed by atoms with Crippen molar-refractivity contribution in [2.45, 2.75) is 19.6 Å². The number of nitrogens with zero attached hydrogens (tertiary/aromatic N) is 4. The van der Waals surface area contributed by atoms with Crippen LogP contribution in [-0.2, 0) is 24.4 Å². The number of hydrogen-bond donors (Lipinski definition) is 2. The van der Waals surface area contributed by atoms with Crippen molar-refractivity contribution in [2.24, 2.45) is 0 Å². The maximum Gasteiger partial charge on any atom is 0.323 e. The minimum absolute atomic E-state index is 0.405. The maximum atomic E-state index is 12.6. The molecule has 0 radical (unpaired) electrons. The van der Waals surface area contributed by atoms with Gasteiger partial charge in [0.25, 0.3) is 0 Å². The molecule has 9 heteroatoms. The molecule has 2 aromatic heterocycles. The number of aliphatic carboxylic acids is 1. The molecule has 0 amide bonds. The molecule has 39 heavy (non-hydrogen) atoms. The average molecular weight is 524 g/mol. The van der Waals surface area contributed by atoms with Gasteiger partial charge in [0.2, 0.25) is 0 Å². The highest BCUT2D eigenvalue weighted by molar-refractivity contribution is 6.05. The number of carboxylic acids is 1. The molecule has 2 N–H and O–H groups in total. The van der Waals surface area contributed by atoms with Gasteiger partial charge in [0.1, 0.15) is 6.54 Å². The third-order valence-electron chi connectivity index (χ3n) is 7.40. The lowest BCUT2D eigenvalue weighted by molar-refractivity contribution is -0.137. The number of hydrogen-bond acceptors (Lipinski definition) is 5. The topological polar surface area (TPSA) is 104 Å². The normalized spacial score (nSPS) is 14.8. The summed E-state index contributed by atoms with van der Waals surface area (Å²) in [5, 5.41) is 10.9. The Morgan fingerprint density at radius 1 is 0.846 bits per heavy atom. The number of H-pyrrole nitrogens is 1. The Morgan fingerprint density at radius 3 is 2.26 bits per heavy atom. The van der Waals surface area contributed by atoms with Gasteiger partial charge in [0.15, 0.2) is 0 Å². The van der Waals surface area contributed by atoms with Gasteiger partial charge >= 0.3 is 17.1 Å². The number of aromatic nitrogens is 3. The number of benzene rings is 3. The van der Waals surface area contributed by atoms with Crippen LogP contribution in [0.4, 0.5) is 0 Å². The van der Waals surface area contributed by atoms with Crippen LogP contribution in [0.15, 0.2) is 88.7 Å². The van der Waals surface area contributed by atoms with Gasteiger partial charge in [-0.2, -0.15) is 0 Å². The largest absolute Gasteiger partial charge is 0.480 e. The van der Waals surface area contributed by atoms with Crippen molar-refractivity contribution in [3.63, 3.8) is 0 Å². The van der Waals surface area contributed by atoms with E-state index in [1.54, 1.807) is 6.07 Å². The van der Waals surface area contributed by atoms with Gasteiger partial charge in [0, 0.05) is 62.7 Å². The van der Waals surface area contributed by atoms with E-state index in [9.17, 15) is 19.5 Å². The van der Waals surface area contributed by atoms with Crippen LogP contribution >= 0.6 is 0 Å². The van der Waals surface area contributed by atoms with Crippen LogP contribution in [0.2, 0.25) is 0 Å². The Morgan fingerprint density at radius 2 is 1.54 bits per heavy atom. The molecule has 5 aromatic rings. The van der Waals surface area contributed by atoms with Crippen molar-refractivity contribution in [3.8, 4) is 5.69 Å². The Hall–Kier alpha value is -4.47. The number of aromatic amines is 1. The monoisotopic (exact) mass is 523 g/mol. The van der Waals surface area contributed by atoms with Gasteiger partial charge in [-0.1, -0.05) is 42.5 Å². The number of nitrogens with one attached hydrogen (secondary N) is 1. The Balaban J connectivity index is 1.23. The van der Waals surface area contributed by atoms with E-state index in [4.69, 9.17) is 0 Å². The van der Waals surface area contributed by atoms with Crippen molar-refractivity contribution in [1.29, 1.82) is 0 Å². The number of carboxylic acid groups (broad SMARTS) is 1. The molecule has 0 aliphatic carbocycles. The molecule has 0 spiro atoms. The van der Waals surface area contributed by atoms with E-state index in [1.165, 1.54) is 11.1 Å². The van der Waals surface area contributed by atoms with Crippen molar-refractivity contribution in [1.82, 2.24) is 23.9 Å². The molecule has 1 aliphatic heterocycles. The van der Waals surface area contributed by atoms with Crippen molar-refractivity contribution in [3.05, 3.63) is 111 Å². The zero-order valence-electron chi connectivity index (χ0n) is 21.4. The third-order valence-corrected chi connectivity index (χ3v) is 7.40. The summed E-state index contributed by atoms with van der Waals surface area (Å²) in [6.07, 6.45) is 4.12. The minimum atomic E-state index is -1.19. The summed E-state index contributed by atoms with van der Waals surface area (Å²) in [4.78, 5) is 43.7. The van der Waals surface area contributed by atoms with Gasteiger partial charge in [-0.3, -0.25) is 28.8 Å². The van der Waals surface area contributed by atoms with Crippen LogP contribution in [0.25, 0.3) is 27.5 Å². The number of piperazine rings is 1. The van der Waals surface area contributed by atoms with E-state index in [2.05, 4.69) is 51.3 Å². The van der Waals surface area contributed by atoms with E-state index in [1.807, 2.05) is 41.1 Å². The second-order valence-electron chi connectivity index (χ2n) is 10.1. The highest BCUT2D eigenvalue weighted by Crippen LogP contribution is 2.26. The summed E-state index contributed by atoms with van der Waals surface area (Å²) >= 11 is 0. The van der Waals surface area contributed by atoms with Gasteiger partial charge in [0.05, 0.1) is 11.0 Å². The molecule has 6 rings (SSSR count). The standard InChI is InChI=1S/C30H29N5O4/c36-27(37)20-35-28-25-16-24(8-6-23(25)7-9-26(28)31-29(38)30(35)39)34-11-10-22(19-34)18-33-14-12-32(13-15-33)17-21-4-2-1-3-5-21/h1-11,16,19H,12-15,17-18,20H2,(H,31,38)(H,36,37). The minimum Gasteiger partial charge on any atom is -0.480 e. The number of carbonyl (C=O) groups is 1. The second-order valence-corrected chi connectivity index (χ2v) is 10.1. The molecule has 0 bridgehead atoms. The number of rotatable bonds is 7. The van der Waals surface area contributed by atoms with E-state index in [-0.39, 0.29) is 0 Å². The molecule has 1 saturated heterocycles. The molecule has 0 saturated carbocycles. The first-order valence-corrected chi connectivity index (χ1v) is 13.0. The van der Waals surface area contributed by atoms with Crippen molar-refractivity contribution >= 4 is 27.8 Å². The zero-order chi connectivity index (χ0) is 26.9. The highest BCUT2D eigenvalue weighted by atomic mass is 16.4. The first kappa shape index (κ1) is 24.8. The first-order valence-electron chi connectivity index (χ1n) is 13.0. The van der Waals surface area contributed by atoms with Crippen molar-refractivity contribution in [2.75, 3.05) is 26.2 Å². The molecular weight excluding hydrogens is 494 g/mol. The highest BCUT2D eigenvalue weighted by Gasteiger charge is 2.18. The SMILES string of the molecule is O=C(O)Cn1c(=O)c(=O)[nH]c2ccc3ccc(-n4ccc(CN5CCN(Cc6ccccc6)CC5)c4)cc3c21. The van der Waals surface area contributed by atoms with E-state index < -0.39 is 23.6 Å². The van der Waals surface area contributed by atoms with E-state index in [0.29, 0.717) is 16.4 Å². The molecule has 198 valence electrons. The molecular formula is C30H29N5O4. The van der Waals surface area contributed by atoms with E-state index in [0.717, 1.165) is 54.9 Å². The summed E-state index contributed by atoms with van der Waals surface area (Å²) in [7, 11) is 0. The fraction of sp³-hybridized carbons (Fsp3) is 0.233. The molecule has 3 aromatic carbocycles. The van der Waals surface area contributed by atoms with Crippen LogP contribution in [0.1, 0.15) is 11.1 Å². The number of fused-ring (bicyclic) bond motifs is 3. The predicted octanol–water partition coefficient (Wildman–Crippen LogP) is 3.04. The summed E-state index contributed by atoms with van der Waals surface area (Å²) in [5.74, 6) is -1.19. The van der Waals surface area contributed by atoms with Gasteiger partial charge in [-0.15, -0.1) is 0 Å². The second kappa shape index (κ2) is 10.4. The molecule has 9 nitrogen and oxygen atoms in total. The summed E-state index contributed by atoms with van der Waals surface area (Å²) in [6, 6.07) is 22.1. The van der Waals surface area contributed by atoms with Gasteiger partial charge in [-0.05, 0) is 40.8 Å². The first-order chi connectivity index (χ1) is 18.9. The molecule has 3 heterocycles. The van der Waals surface area contributed by atoms with Gasteiger partial charge in [-0.25, -0.2) is 0 Å². The van der Waals surface area contributed by atoms with Crippen LogP contribution in [-0.4, -0.2) is 61.2 Å². The molecule has 1 fully saturated rings. The fourth-order valence-electron chi connectivity index (χ4n) is 5.43. The Bertz CT molecular complexity index is 1780. The third kappa shape index (κ3) is 5.14. The fourth-order valence-corrected chi connectivity index (χ4v) is 5.43. The quantitative estimate of drug-likeness (QED) is 0.251. The van der Waals surface area contributed by atoms with Gasteiger partial charge < -0.3 is 14.7 Å². The van der Waals surface area contributed by atoms with Crippen LogP contribution in [0, 0.1) is 0 Å². The summed E-state index contributed by atoms with van der Waals surface area (Å²) < 4.78 is 3.08. The molecule has 0 atom stereocenters. The molecule has 1 aliphatic rings. The lowest BCUT2D eigenvalue weighted by Gasteiger charge is -2.34. The van der Waals surface area contributed by atoms with Crippen molar-refractivity contribution < 1.29 is 9.90 Å². The zero-order valence-corrected chi connectivity index (χ0v) is 21.4. The average Bonchev–Trinajstić information content (AvgIpc) is 3.40. The Kier molecular flexibility index (Phi) is 6.60.